The van der Waals surface area contributed by atoms with E-state index in [9.17, 15) is 0 Å². The van der Waals surface area contributed by atoms with E-state index in [0.717, 1.165) is 26.1 Å². The SMILES string of the molecule is COC1(C)CCCOC1. The molecule has 54 valence electrons. The predicted molar refractivity (Wildman–Crippen MR) is 35.5 cm³/mol. The van der Waals surface area contributed by atoms with Gasteiger partial charge in [-0.3, -0.25) is 0 Å². The summed E-state index contributed by atoms with van der Waals surface area (Å²) >= 11 is 0. The summed E-state index contributed by atoms with van der Waals surface area (Å²) in [6.45, 7) is 3.74. The third-order valence-electron chi connectivity index (χ3n) is 1.89. The van der Waals surface area contributed by atoms with Crippen LogP contribution in [0.4, 0.5) is 0 Å². The molecule has 1 heterocycles. The van der Waals surface area contributed by atoms with Gasteiger partial charge in [-0.25, -0.2) is 0 Å². The minimum atomic E-state index is -0.00174. The van der Waals surface area contributed by atoms with Gasteiger partial charge >= 0.3 is 0 Å². The first kappa shape index (κ1) is 7.03. The highest BCUT2D eigenvalue weighted by molar-refractivity contribution is 4.76. The first-order valence-electron chi connectivity index (χ1n) is 3.40. The molecule has 1 aliphatic heterocycles. The summed E-state index contributed by atoms with van der Waals surface area (Å²) in [5.41, 5.74) is -0.00174. The fourth-order valence-electron chi connectivity index (χ4n) is 1.07. The Morgan fingerprint density at radius 2 is 2.33 bits per heavy atom. The van der Waals surface area contributed by atoms with Crippen LogP contribution < -0.4 is 0 Å². The van der Waals surface area contributed by atoms with E-state index >= 15 is 0 Å². The van der Waals surface area contributed by atoms with Gasteiger partial charge in [0, 0.05) is 13.7 Å². The van der Waals surface area contributed by atoms with Crippen LogP contribution in [0.5, 0.6) is 0 Å². The maximum Gasteiger partial charge on any atom is 0.0883 e. The molecule has 0 spiro atoms. The van der Waals surface area contributed by atoms with Gasteiger partial charge in [-0.05, 0) is 19.8 Å². The Kier molecular flexibility index (Phi) is 2.09. The smallest absolute Gasteiger partial charge is 0.0883 e. The van der Waals surface area contributed by atoms with Crippen molar-refractivity contribution < 1.29 is 9.47 Å². The highest BCUT2D eigenvalue weighted by Crippen LogP contribution is 2.20. The summed E-state index contributed by atoms with van der Waals surface area (Å²) in [4.78, 5) is 0. The van der Waals surface area contributed by atoms with Crippen LogP contribution >= 0.6 is 0 Å². The summed E-state index contributed by atoms with van der Waals surface area (Å²) in [5, 5.41) is 0. The van der Waals surface area contributed by atoms with Crippen LogP contribution in [0, 0.1) is 0 Å². The summed E-state index contributed by atoms with van der Waals surface area (Å²) in [6.07, 6.45) is 2.26. The Balaban J connectivity index is 2.37. The molecule has 2 nitrogen and oxygen atoms in total. The molecule has 1 fully saturated rings. The van der Waals surface area contributed by atoms with Crippen molar-refractivity contribution in [2.75, 3.05) is 20.3 Å². The normalized spacial score (nSPS) is 36.7. The largest absolute Gasteiger partial charge is 0.378 e. The zero-order chi connectivity index (χ0) is 6.74. The van der Waals surface area contributed by atoms with E-state index in [-0.39, 0.29) is 5.60 Å². The van der Waals surface area contributed by atoms with Crippen LogP contribution in [-0.2, 0) is 9.47 Å². The van der Waals surface area contributed by atoms with Crippen molar-refractivity contribution in [2.24, 2.45) is 0 Å². The highest BCUT2D eigenvalue weighted by atomic mass is 16.5. The first-order chi connectivity index (χ1) is 4.27. The molecule has 1 aliphatic rings. The van der Waals surface area contributed by atoms with Gasteiger partial charge in [0.05, 0.1) is 12.2 Å². The fourth-order valence-corrected chi connectivity index (χ4v) is 1.07. The van der Waals surface area contributed by atoms with Gasteiger partial charge in [-0.1, -0.05) is 0 Å². The highest BCUT2D eigenvalue weighted by Gasteiger charge is 2.26. The van der Waals surface area contributed by atoms with Crippen molar-refractivity contribution in [1.29, 1.82) is 0 Å². The van der Waals surface area contributed by atoms with E-state index in [0.29, 0.717) is 0 Å². The summed E-state index contributed by atoms with van der Waals surface area (Å²) < 4.78 is 10.5. The van der Waals surface area contributed by atoms with E-state index in [2.05, 4.69) is 6.92 Å². The van der Waals surface area contributed by atoms with Crippen LogP contribution in [0.3, 0.4) is 0 Å². The first-order valence-corrected chi connectivity index (χ1v) is 3.40. The van der Waals surface area contributed by atoms with Gasteiger partial charge in [-0.2, -0.15) is 0 Å². The van der Waals surface area contributed by atoms with Crippen molar-refractivity contribution >= 4 is 0 Å². The van der Waals surface area contributed by atoms with Crippen molar-refractivity contribution in [2.45, 2.75) is 25.4 Å². The van der Waals surface area contributed by atoms with E-state index in [1.165, 1.54) is 0 Å². The predicted octanol–water partition coefficient (Wildman–Crippen LogP) is 1.20. The minimum Gasteiger partial charge on any atom is -0.378 e. The van der Waals surface area contributed by atoms with Crippen molar-refractivity contribution in [3.63, 3.8) is 0 Å². The Bertz CT molecular complexity index is 84.9. The van der Waals surface area contributed by atoms with Gasteiger partial charge in [0.1, 0.15) is 0 Å². The average Bonchev–Trinajstić information content (AvgIpc) is 1.90. The Hall–Kier alpha value is -0.0800. The third kappa shape index (κ3) is 1.66. The lowest BCUT2D eigenvalue weighted by Crippen LogP contribution is -2.37. The van der Waals surface area contributed by atoms with E-state index in [1.807, 2.05) is 0 Å². The second-order valence-corrected chi connectivity index (χ2v) is 2.81. The zero-order valence-electron chi connectivity index (χ0n) is 6.14. The third-order valence-corrected chi connectivity index (χ3v) is 1.89. The standard InChI is InChI=1S/C7H14O2/c1-7(8-2)4-3-5-9-6-7/h3-6H2,1-2H3. The lowest BCUT2D eigenvalue weighted by Gasteiger charge is -2.31. The average molecular weight is 130 g/mol. The molecule has 1 saturated heterocycles. The number of hydrogen-bond donors (Lipinski definition) is 0. The maximum absolute atomic E-state index is 5.25. The minimum absolute atomic E-state index is 0.00174. The van der Waals surface area contributed by atoms with Gasteiger partial charge in [0.25, 0.3) is 0 Å². The molecule has 0 amide bonds. The van der Waals surface area contributed by atoms with Crippen molar-refractivity contribution in [3.05, 3.63) is 0 Å². The fraction of sp³-hybridized carbons (Fsp3) is 1.00. The molecule has 0 saturated carbocycles. The molecule has 0 aliphatic carbocycles. The summed E-state index contributed by atoms with van der Waals surface area (Å²) in [6, 6.07) is 0. The molecule has 2 heteroatoms. The molecule has 0 aromatic carbocycles. The molecule has 1 rings (SSSR count). The Morgan fingerprint density at radius 1 is 1.56 bits per heavy atom. The summed E-state index contributed by atoms with van der Waals surface area (Å²) in [5.74, 6) is 0. The van der Waals surface area contributed by atoms with E-state index in [1.54, 1.807) is 7.11 Å². The van der Waals surface area contributed by atoms with Crippen LogP contribution in [0.25, 0.3) is 0 Å². The van der Waals surface area contributed by atoms with Crippen LogP contribution in [0.15, 0.2) is 0 Å². The molecule has 0 bridgehead atoms. The topological polar surface area (TPSA) is 18.5 Å². The second-order valence-electron chi connectivity index (χ2n) is 2.81. The quantitative estimate of drug-likeness (QED) is 0.531. The Labute approximate surface area is 56.2 Å². The van der Waals surface area contributed by atoms with Crippen LogP contribution in [-0.4, -0.2) is 25.9 Å². The van der Waals surface area contributed by atoms with E-state index in [4.69, 9.17) is 9.47 Å². The van der Waals surface area contributed by atoms with Gasteiger partial charge < -0.3 is 9.47 Å². The molecule has 0 aromatic rings. The molecule has 0 radical (unpaired) electrons. The number of hydrogen-bond acceptors (Lipinski definition) is 2. The van der Waals surface area contributed by atoms with Crippen molar-refractivity contribution in [3.8, 4) is 0 Å². The summed E-state index contributed by atoms with van der Waals surface area (Å²) in [7, 11) is 1.74. The molecular formula is C7H14O2. The molecule has 0 N–H and O–H groups in total. The second kappa shape index (κ2) is 2.67. The van der Waals surface area contributed by atoms with E-state index < -0.39 is 0 Å². The zero-order valence-corrected chi connectivity index (χ0v) is 6.14. The Morgan fingerprint density at radius 3 is 2.67 bits per heavy atom. The molecule has 0 aromatic heterocycles. The lowest BCUT2D eigenvalue weighted by atomic mass is 9.99. The molecule has 1 unspecified atom stereocenters. The van der Waals surface area contributed by atoms with Crippen LogP contribution in [0.2, 0.25) is 0 Å². The molecule has 1 atom stereocenters. The molecule has 9 heavy (non-hydrogen) atoms. The van der Waals surface area contributed by atoms with Gasteiger partial charge in [-0.15, -0.1) is 0 Å². The van der Waals surface area contributed by atoms with Gasteiger partial charge in [0.15, 0.2) is 0 Å². The monoisotopic (exact) mass is 130 g/mol. The maximum atomic E-state index is 5.25. The lowest BCUT2D eigenvalue weighted by molar-refractivity contribution is -0.0974. The number of methoxy groups -OCH3 is 1. The van der Waals surface area contributed by atoms with Crippen molar-refractivity contribution in [1.82, 2.24) is 0 Å². The molecular weight excluding hydrogens is 116 g/mol. The number of rotatable bonds is 1. The van der Waals surface area contributed by atoms with Crippen LogP contribution in [0.1, 0.15) is 19.8 Å². The number of ether oxygens (including phenoxy) is 2. The van der Waals surface area contributed by atoms with Gasteiger partial charge in [0.2, 0.25) is 0 Å².